The van der Waals surface area contributed by atoms with E-state index < -0.39 is 4.92 Å². The summed E-state index contributed by atoms with van der Waals surface area (Å²) in [5.41, 5.74) is 1.11. The molecule has 0 radical (unpaired) electrons. The Morgan fingerprint density at radius 1 is 1.27 bits per heavy atom. The van der Waals surface area contributed by atoms with Gasteiger partial charge in [0.05, 0.1) is 17.6 Å². The van der Waals surface area contributed by atoms with Crippen LogP contribution in [-0.4, -0.2) is 18.3 Å². The number of carbonyl (C=O) groups is 1. The Bertz CT molecular complexity index is 700. The van der Waals surface area contributed by atoms with Crippen LogP contribution >= 0.6 is 15.9 Å². The third-order valence-electron chi connectivity index (χ3n) is 2.93. The molecule has 2 aromatic carbocycles. The summed E-state index contributed by atoms with van der Waals surface area (Å²) >= 11 is 3.29. The Kier molecular flexibility index (Phi) is 5.11. The molecule has 0 unspecified atom stereocenters. The number of methoxy groups -OCH3 is 1. The maximum atomic E-state index is 11.1. The van der Waals surface area contributed by atoms with E-state index in [0.717, 1.165) is 5.56 Å². The van der Waals surface area contributed by atoms with Crippen molar-refractivity contribution in [1.29, 1.82) is 0 Å². The zero-order chi connectivity index (χ0) is 16.1. The van der Waals surface area contributed by atoms with Crippen LogP contribution in [0.2, 0.25) is 0 Å². The lowest BCUT2D eigenvalue weighted by Gasteiger charge is -2.13. The summed E-state index contributed by atoms with van der Waals surface area (Å²) in [5.74, 6) is 0.762. The number of rotatable bonds is 6. The topological polar surface area (TPSA) is 78.7 Å². The van der Waals surface area contributed by atoms with Crippen LogP contribution in [0.4, 0.5) is 5.69 Å². The van der Waals surface area contributed by atoms with Gasteiger partial charge in [0.1, 0.15) is 6.61 Å². The van der Waals surface area contributed by atoms with Crippen molar-refractivity contribution in [2.24, 2.45) is 0 Å². The van der Waals surface area contributed by atoms with Gasteiger partial charge in [0.2, 0.25) is 0 Å². The van der Waals surface area contributed by atoms with Crippen LogP contribution in [0.15, 0.2) is 40.9 Å². The monoisotopic (exact) mass is 365 g/mol. The van der Waals surface area contributed by atoms with Crippen LogP contribution in [0.3, 0.4) is 0 Å². The van der Waals surface area contributed by atoms with Crippen LogP contribution in [0, 0.1) is 10.1 Å². The first-order chi connectivity index (χ1) is 10.5. The first-order valence-electron chi connectivity index (χ1n) is 6.24. The van der Waals surface area contributed by atoms with E-state index in [0.29, 0.717) is 27.8 Å². The van der Waals surface area contributed by atoms with Crippen molar-refractivity contribution in [1.82, 2.24) is 0 Å². The fourth-order valence-corrected chi connectivity index (χ4v) is 2.31. The van der Waals surface area contributed by atoms with Crippen LogP contribution in [0.1, 0.15) is 15.9 Å². The maximum Gasteiger partial charge on any atom is 0.269 e. The molecule has 0 fully saturated rings. The predicted molar refractivity (Wildman–Crippen MR) is 83.5 cm³/mol. The fourth-order valence-electron chi connectivity index (χ4n) is 1.85. The van der Waals surface area contributed by atoms with Gasteiger partial charge < -0.3 is 9.47 Å². The molecule has 0 saturated carbocycles. The SMILES string of the molecule is COc1cc(Br)cc(C=O)c1OCc1ccc([N+](=O)[O-])cc1. The first kappa shape index (κ1) is 16.0. The summed E-state index contributed by atoms with van der Waals surface area (Å²) in [5, 5.41) is 10.6. The number of nitro benzene ring substituents is 1. The second-order valence-electron chi connectivity index (χ2n) is 4.36. The Morgan fingerprint density at radius 2 is 1.95 bits per heavy atom. The van der Waals surface area contributed by atoms with Crippen LogP contribution < -0.4 is 9.47 Å². The van der Waals surface area contributed by atoms with E-state index in [9.17, 15) is 14.9 Å². The molecule has 0 atom stereocenters. The van der Waals surface area contributed by atoms with Crippen LogP contribution in [0.25, 0.3) is 0 Å². The molecule has 0 aromatic heterocycles. The second kappa shape index (κ2) is 7.04. The van der Waals surface area contributed by atoms with E-state index in [1.807, 2.05) is 0 Å². The van der Waals surface area contributed by atoms with Crippen molar-refractivity contribution in [3.05, 3.63) is 62.1 Å². The number of benzene rings is 2. The van der Waals surface area contributed by atoms with Gasteiger partial charge in [0.15, 0.2) is 17.8 Å². The van der Waals surface area contributed by atoms with Crippen LogP contribution in [-0.2, 0) is 6.61 Å². The number of non-ortho nitro benzene ring substituents is 1. The zero-order valence-corrected chi connectivity index (χ0v) is 13.2. The first-order valence-corrected chi connectivity index (χ1v) is 7.03. The van der Waals surface area contributed by atoms with E-state index in [1.165, 1.54) is 19.2 Å². The molecule has 22 heavy (non-hydrogen) atoms. The fraction of sp³-hybridized carbons (Fsp3) is 0.133. The molecule has 0 heterocycles. The largest absolute Gasteiger partial charge is 0.493 e. The van der Waals surface area contributed by atoms with Gasteiger partial charge in [-0.1, -0.05) is 15.9 Å². The number of nitrogens with zero attached hydrogens (tertiary/aromatic N) is 1. The van der Waals surface area contributed by atoms with Gasteiger partial charge >= 0.3 is 0 Å². The van der Waals surface area contributed by atoms with Gasteiger partial charge in [0.25, 0.3) is 5.69 Å². The summed E-state index contributed by atoms with van der Waals surface area (Å²) in [6.07, 6.45) is 0.679. The standard InChI is InChI=1S/C15H12BrNO5/c1-21-14-7-12(16)6-11(8-18)15(14)22-9-10-2-4-13(5-3-10)17(19)20/h2-8H,9H2,1H3. The molecule has 114 valence electrons. The molecule has 2 aromatic rings. The minimum atomic E-state index is -0.465. The highest BCUT2D eigenvalue weighted by molar-refractivity contribution is 9.10. The molecule has 0 saturated heterocycles. The number of hydrogen-bond donors (Lipinski definition) is 0. The van der Waals surface area contributed by atoms with Crippen molar-refractivity contribution >= 4 is 27.9 Å². The average molecular weight is 366 g/mol. The maximum absolute atomic E-state index is 11.1. The van der Waals surface area contributed by atoms with E-state index in [2.05, 4.69) is 15.9 Å². The Balaban J connectivity index is 2.20. The second-order valence-corrected chi connectivity index (χ2v) is 5.27. The third kappa shape index (κ3) is 3.62. The van der Waals surface area contributed by atoms with E-state index in [-0.39, 0.29) is 12.3 Å². The van der Waals surface area contributed by atoms with Gasteiger partial charge in [-0.05, 0) is 29.8 Å². The normalized spacial score (nSPS) is 10.1. The van der Waals surface area contributed by atoms with Crippen LogP contribution in [0.5, 0.6) is 11.5 Å². The minimum Gasteiger partial charge on any atom is -0.493 e. The van der Waals surface area contributed by atoms with Crippen molar-refractivity contribution in [3.8, 4) is 11.5 Å². The summed E-state index contributed by atoms with van der Waals surface area (Å²) in [7, 11) is 1.48. The number of hydrogen-bond acceptors (Lipinski definition) is 5. The van der Waals surface area contributed by atoms with E-state index in [4.69, 9.17) is 9.47 Å². The van der Waals surface area contributed by atoms with Gasteiger partial charge in [-0.3, -0.25) is 14.9 Å². The molecule has 0 N–H and O–H groups in total. The lowest BCUT2D eigenvalue weighted by Crippen LogP contribution is -2.01. The summed E-state index contributed by atoms with van der Waals surface area (Å²) in [6.45, 7) is 0.164. The molecule has 0 amide bonds. The predicted octanol–water partition coefficient (Wildman–Crippen LogP) is 3.76. The molecule has 0 aliphatic heterocycles. The molecule has 6 nitrogen and oxygen atoms in total. The van der Waals surface area contributed by atoms with Gasteiger partial charge in [-0.2, -0.15) is 0 Å². The smallest absolute Gasteiger partial charge is 0.269 e. The van der Waals surface area contributed by atoms with Gasteiger partial charge in [-0.15, -0.1) is 0 Å². The highest BCUT2D eigenvalue weighted by Crippen LogP contribution is 2.34. The van der Waals surface area contributed by atoms with Crippen molar-refractivity contribution < 1.29 is 19.2 Å². The molecule has 0 aliphatic carbocycles. The van der Waals surface area contributed by atoms with Gasteiger partial charge in [-0.25, -0.2) is 0 Å². The Morgan fingerprint density at radius 3 is 2.50 bits per heavy atom. The number of halogens is 1. The molecule has 7 heteroatoms. The molecule has 0 bridgehead atoms. The third-order valence-corrected chi connectivity index (χ3v) is 3.38. The lowest BCUT2D eigenvalue weighted by molar-refractivity contribution is -0.384. The van der Waals surface area contributed by atoms with Crippen molar-refractivity contribution in [3.63, 3.8) is 0 Å². The lowest BCUT2D eigenvalue weighted by atomic mass is 10.2. The molecule has 2 rings (SSSR count). The average Bonchev–Trinajstić information content (AvgIpc) is 2.53. The quantitative estimate of drug-likeness (QED) is 0.442. The molecule has 0 aliphatic rings. The number of nitro groups is 1. The minimum absolute atomic E-state index is 0.0125. The van der Waals surface area contributed by atoms with E-state index in [1.54, 1.807) is 24.3 Å². The number of carbonyl (C=O) groups excluding carboxylic acids is 1. The Labute approximate surface area is 134 Å². The Hall–Kier alpha value is -2.41. The summed E-state index contributed by atoms with van der Waals surface area (Å²) < 4.78 is 11.6. The van der Waals surface area contributed by atoms with E-state index >= 15 is 0 Å². The highest BCUT2D eigenvalue weighted by Gasteiger charge is 2.13. The molecular formula is C15H12BrNO5. The molecular weight excluding hydrogens is 354 g/mol. The summed E-state index contributed by atoms with van der Waals surface area (Å²) in [6, 6.07) is 9.32. The molecule has 0 spiro atoms. The highest BCUT2D eigenvalue weighted by atomic mass is 79.9. The number of ether oxygens (including phenoxy) is 2. The van der Waals surface area contributed by atoms with Crippen molar-refractivity contribution in [2.45, 2.75) is 6.61 Å². The zero-order valence-electron chi connectivity index (χ0n) is 11.6. The van der Waals surface area contributed by atoms with Gasteiger partial charge in [0, 0.05) is 16.6 Å². The summed E-state index contributed by atoms with van der Waals surface area (Å²) in [4.78, 5) is 21.3. The van der Waals surface area contributed by atoms with Crippen molar-refractivity contribution in [2.75, 3.05) is 7.11 Å². The number of aldehydes is 1.